The Labute approximate surface area is 185 Å². The number of ether oxygens (including phenoxy) is 2. The van der Waals surface area contributed by atoms with Crippen LogP contribution in [0.1, 0.15) is 30.5 Å². The molecule has 1 aliphatic heterocycles. The molecule has 2 aromatic carbocycles. The molecule has 0 aliphatic carbocycles. The second kappa shape index (κ2) is 9.65. The van der Waals surface area contributed by atoms with Crippen LogP contribution in [-0.2, 0) is 11.4 Å². The van der Waals surface area contributed by atoms with Crippen molar-refractivity contribution in [2.45, 2.75) is 27.4 Å². The molecule has 7 heteroatoms. The van der Waals surface area contributed by atoms with E-state index in [1.54, 1.807) is 17.0 Å². The van der Waals surface area contributed by atoms with Gasteiger partial charge in [-0.05, 0) is 55.7 Å². The first-order chi connectivity index (χ1) is 13.9. The summed E-state index contributed by atoms with van der Waals surface area (Å²) in [5.41, 5.74) is 2.99. The van der Waals surface area contributed by atoms with Crippen molar-refractivity contribution < 1.29 is 14.3 Å². The largest absolute Gasteiger partial charge is 0.490 e. The molecule has 1 aliphatic rings. The summed E-state index contributed by atoms with van der Waals surface area (Å²) < 4.78 is 12.3. The van der Waals surface area contributed by atoms with Crippen molar-refractivity contribution in [1.82, 2.24) is 4.90 Å². The average molecular weight is 448 g/mol. The number of benzene rings is 2. The summed E-state index contributed by atoms with van der Waals surface area (Å²) in [7, 11) is 0. The van der Waals surface area contributed by atoms with Crippen LogP contribution >= 0.6 is 35.6 Å². The van der Waals surface area contributed by atoms with Crippen molar-refractivity contribution in [1.29, 1.82) is 0 Å². The lowest BCUT2D eigenvalue weighted by Crippen LogP contribution is -2.27. The first-order valence-electron chi connectivity index (χ1n) is 9.33. The van der Waals surface area contributed by atoms with Gasteiger partial charge in [-0.2, -0.15) is 0 Å². The van der Waals surface area contributed by atoms with E-state index in [0.717, 1.165) is 16.7 Å². The Bertz CT molecular complexity index is 975. The fourth-order valence-electron chi connectivity index (χ4n) is 2.92. The number of halogens is 1. The summed E-state index contributed by atoms with van der Waals surface area (Å²) in [6.45, 7) is 7.26. The summed E-state index contributed by atoms with van der Waals surface area (Å²) in [6, 6.07) is 11.6. The highest BCUT2D eigenvalue weighted by molar-refractivity contribution is 8.26. The van der Waals surface area contributed by atoms with Crippen LogP contribution in [0.2, 0.25) is 5.02 Å². The van der Waals surface area contributed by atoms with E-state index >= 15 is 0 Å². The van der Waals surface area contributed by atoms with Crippen LogP contribution in [0.15, 0.2) is 41.3 Å². The van der Waals surface area contributed by atoms with E-state index in [1.807, 2.05) is 51.1 Å². The zero-order valence-corrected chi connectivity index (χ0v) is 18.9. The van der Waals surface area contributed by atoms with Gasteiger partial charge in [0.25, 0.3) is 5.91 Å². The van der Waals surface area contributed by atoms with Gasteiger partial charge in [0, 0.05) is 6.54 Å². The molecule has 3 rings (SSSR count). The molecule has 0 N–H and O–H groups in total. The van der Waals surface area contributed by atoms with Gasteiger partial charge in [-0.1, -0.05) is 59.8 Å². The molecule has 152 valence electrons. The monoisotopic (exact) mass is 447 g/mol. The molecule has 0 saturated carbocycles. The third kappa shape index (κ3) is 4.94. The SMILES string of the molecule is CCOc1cc(C=C2SC(=S)N(CC)C2=O)cc(Cl)c1OCc1ccccc1C. The number of amides is 1. The van der Waals surface area contributed by atoms with Gasteiger partial charge in [0.1, 0.15) is 10.9 Å². The number of hydrogen-bond acceptors (Lipinski definition) is 5. The van der Waals surface area contributed by atoms with Gasteiger partial charge in [-0.25, -0.2) is 0 Å². The van der Waals surface area contributed by atoms with Gasteiger partial charge >= 0.3 is 0 Å². The van der Waals surface area contributed by atoms with Crippen LogP contribution in [0.4, 0.5) is 0 Å². The van der Waals surface area contributed by atoms with E-state index in [1.165, 1.54) is 11.8 Å². The Morgan fingerprint density at radius 3 is 2.62 bits per heavy atom. The van der Waals surface area contributed by atoms with Gasteiger partial charge in [0.05, 0.1) is 16.5 Å². The Kier molecular flexibility index (Phi) is 7.22. The number of thiocarbonyl (C=S) groups is 1. The van der Waals surface area contributed by atoms with Crippen molar-refractivity contribution in [2.75, 3.05) is 13.2 Å². The third-order valence-electron chi connectivity index (χ3n) is 4.45. The number of nitrogens with zero attached hydrogens (tertiary/aromatic N) is 1. The topological polar surface area (TPSA) is 38.8 Å². The summed E-state index contributed by atoms with van der Waals surface area (Å²) in [5, 5.41) is 0.432. The van der Waals surface area contributed by atoms with Crippen LogP contribution in [0.5, 0.6) is 11.5 Å². The molecule has 2 aromatic rings. The minimum atomic E-state index is -0.0866. The molecule has 0 atom stereocenters. The first kappa shape index (κ1) is 21.7. The van der Waals surface area contributed by atoms with Crippen LogP contribution in [-0.4, -0.2) is 28.3 Å². The minimum Gasteiger partial charge on any atom is -0.490 e. The lowest BCUT2D eigenvalue weighted by atomic mass is 10.1. The maximum Gasteiger partial charge on any atom is 0.266 e. The number of aryl methyl sites for hydroxylation is 1. The summed E-state index contributed by atoms with van der Waals surface area (Å²) in [4.78, 5) is 14.6. The molecular formula is C22H22ClNO3S2. The quantitative estimate of drug-likeness (QED) is 0.393. The normalized spacial score (nSPS) is 15.3. The molecule has 0 spiro atoms. The average Bonchev–Trinajstić information content (AvgIpc) is 2.95. The second-order valence-corrected chi connectivity index (χ2v) is 8.49. The van der Waals surface area contributed by atoms with Crippen molar-refractivity contribution >= 4 is 51.9 Å². The smallest absolute Gasteiger partial charge is 0.266 e. The molecule has 1 amide bonds. The number of carbonyl (C=O) groups is 1. The lowest BCUT2D eigenvalue weighted by Gasteiger charge is -2.15. The molecule has 0 aromatic heterocycles. The van der Waals surface area contributed by atoms with Gasteiger partial charge in [0.2, 0.25) is 0 Å². The molecule has 4 nitrogen and oxygen atoms in total. The van der Waals surface area contributed by atoms with Crippen molar-refractivity contribution in [3.05, 3.63) is 63.0 Å². The lowest BCUT2D eigenvalue weighted by molar-refractivity contribution is -0.121. The summed E-state index contributed by atoms with van der Waals surface area (Å²) in [6.07, 6.45) is 1.79. The van der Waals surface area contributed by atoms with Crippen LogP contribution in [0.3, 0.4) is 0 Å². The van der Waals surface area contributed by atoms with E-state index in [0.29, 0.717) is 45.5 Å². The van der Waals surface area contributed by atoms with E-state index < -0.39 is 0 Å². The number of thioether (sulfide) groups is 1. The van der Waals surface area contributed by atoms with Crippen LogP contribution < -0.4 is 9.47 Å². The Morgan fingerprint density at radius 2 is 1.97 bits per heavy atom. The highest BCUT2D eigenvalue weighted by Crippen LogP contribution is 2.39. The van der Waals surface area contributed by atoms with E-state index in [-0.39, 0.29) is 5.91 Å². The van der Waals surface area contributed by atoms with Crippen LogP contribution in [0, 0.1) is 6.92 Å². The molecule has 0 unspecified atom stereocenters. The summed E-state index contributed by atoms with van der Waals surface area (Å²) >= 11 is 13.1. The molecular weight excluding hydrogens is 426 g/mol. The molecule has 0 bridgehead atoms. The van der Waals surface area contributed by atoms with Crippen molar-refractivity contribution in [3.63, 3.8) is 0 Å². The van der Waals surface area contributed by atoms with Crippen molar-refractivity contribution in [3.8, 4) is 11.5 Å². The zero-order chi connectivity index (χ0) is 21.0. The highest BCUT2D eigenvalue weighted by Gasteiger charge is 2.30. The minimum absolute atomic E-state index is 0.0866. The Hall–Kier alpha value is -2.02. The fourth-order valence-corrected chi connectivity index (χ4v) is 4.58. The van der Waals surface area contributed by atoms with E-state index in [2.05, 4.69) is 0 Å². The Balaban J connectivity index is 1.89. The first-order valence-corrected chi connectivity index (χ1v) is 10.9. The molecule has 29 heavy (non-hydrogen) atoms. The number of likely N-dealkylation sites (N-methyl/N-ethyl adjacent to an activating group) is 1. The van der Waals surface area contributed by atoms with Gasteiger partial charge < -0.3 is 9.47 Å². The molecule has 1 saturated heterocycles. The predicted octanol–water partition coefficient (Wildman–Crippen LogP) is 5.85. The Morgan fingerprint density at radius 1 is 1.21 bits per heavy atom. The third-order valence-corrected chi connectivity index (χ3v) is 6.11. The van der Waals surface area contributed by atoms with E-state index in [4.69, 9.17) is 33.3 Å². The standard InChI is InChI=1S/C22H22ClNO3S2/c1-4-24-21(25)19(29-22(24)28)12-15-10-17(23)20(18(11-15)26-5-2)27-13-16-9-7-6-8-14(16)3/h6-12H,4-5,13H2,1-3H3. The van der Waals surface area contributed by atoms with Gasteiger partial charge in [0.15, 0.2) is 11.5 Å². The second-order valence-electron chi connectivity index (χ2n) is 6.40. The van der Waals surface area contributed by atoms with Crippen LogP contribution in [0.25, 0.3) is 6.08 Å². The van der Waals surface area contributed by atoms with Crippen molar-refractivity contribution in [2.24, 2.45) is 0 Å². The predicted molar refractivity (Wildman–Crippen MR) is 124 cm³/mol. The number of carbonyl (C=O) groups excluding carboxylic acids is 1. The van der Waals surface area contributed by atoms with Gasteiger partial charge in [-0.3, -0.25) is 9.69 Å². The number of hydrogen-bond donors (Lipinski definition) is 0. The molecule has 1 fully saturated rings. The fraction of sp³-hybridized carbons (Fsp3) is 0.273. The highest BCUT2D eigenvalue weighted by atomic mass is 35.5. The van der Waals surface area contributed by atoms with E-state index in [9.17, 15) is 4.79 Å². The molecule has 0 radical (unpaired) electrons. The maximum atomic E-state index is 12.5. The summed E-state index contributed by atoms with van der Waals surface area (Å²) in [5.74, 6) is 0.956. The number of rotatable bonds is 7. The maximum absolute atomic E-state index is 12.5. The zero-order valence-electron chi connectivity index (χ0n) is 16.5. The van der Waals surface area contributed by atoms with Gasteiger partial charge in [-0.15, -0.1) is 0 Å². The molecule has 1 heterocycles.